The molecule has 0 atom stereocenters. The van der Waals surface area contributed by atoms with Crippen molar-refractivity contribution < 1.29 is 4.42 Å². The lowest BCUT2D eigenvalue weighted by molar-refractivity contribution is 0.617. The Morgan fingerprint density at radius 3 is 1.82 bits per heavy atom. The average Bonchev–Trinajstić information content (AvgIpc) is 3.55. The number of oxazole rings is 1. The first-order valence-electron chi connectivity index (χ1n) is 15.0. The van der Waals surface area contributed by atoms with Gasteiger partial charge in [-0.3, -0.25) is 4.98 Å². The molecule has 0 spiro atoms. The van der Waals surface area contributed by atoms with E-state index in [0.29, 0.717) is 11.6 Å². The Hall–Kier alpha value is -6.13. The fraction of sp³-hybridized carbons (Fsp3) is 0. The average molecular weight is 576 g/mol. The van der Waals surface area contributed by atoms with E-state index in [-0.39, 0.29) is 0 Å². The van der Waals surface area contributed by atoms with Gasteiger partial charge in [0.05, 0.1) is 11.2 Å². The number of rotatable bonds is 4. The van der Waals surface area contributed by atoms with Gasteiger partial charge in [-0.1, -0.05) is 97.1 Å². The number of pyridine rings is 2. The highest BCUT2D eigenvalue weighted by Crippen LogP contribution is 2.36. The zero-order valence-corrected chi connectivity index (χ0v) is 24.2. The molecule has 45 heavy (non-hydrogen) atoms. The Morgan fingerprint density at radius 2 is 1.07 bits per heavy atom. The van der Waals surface area contributed by atoms with Gasteiger partial charge in [0.25, 0.3) is 0 Å². The fourth-order valence-corrected chi connectivity index (χ4v) is 6.17. The first-order chi connectivity index (χ1) is 22.2. The zero-order valence-electron chi connectivity index (χ0n) is 24.2. The van der Waals surface area contributed by atoms with Crippen LogP contribution in [0.15, 0.2) is 156 Å². The lowest BCUT2D eigenvalue weighted by atomic mass is 9.95. The lowest BCUT2D eigenvalue weighted by Crippen LogP contribution is -1.92. The van der Waals surface area contributed by atoms with Crippen molar-refractivity contribution in [1.82, 2.24) is 15.0 Å². The highest BCUT2D eigenvalue weighted by atomic mass is 16.3. The Labute approximate surface area is 259 Å². The van der Waals surface area contributed by atoms with E-state index < -0.39 is 0 Å². The summed E-state index contributed by atoms with van der Waals surface area (Å²) in [6.07, 6.45) is 1.91. The van der Waals surface area contributed by atoms with Crippen molar-refractivity contribution in [3.63, 3.8) is 0 Å². The van der Waals surface area contributed by atoms with Crippen LogP contribution in [-0.2, 0) is 0 Å². The maximum Gasteiger partial charge on any atom is 0.246 e. The van der Waals surface area contributed by atoms with Crippen molar-refractivity contribution in [3.05, 3.63) is 152 Å². The molecule has 0 aliphatic heterocycles. The molecule has 9 rings (SSSR count). The summed E-state index contributed by atoms with van der Waals surface area (Å²) in [7, 11) is 0. The molecule has 0 bridgehead atoms. The minimum atomic E-state index is 0.512. The maximum absolute atomic E-state index is 5.99. The van der Waals surface area contributed by atoms with Gasteiger partial charge in [0, 0.05) is 22.7 Å². The van der Waals surface area contributed by atoms with E-state index in [1.54, 1.807) is 0 Å². The van der Waals surface area contributed by atoms with Gasteiger partial charge in [0.1, 0.15) is 11.2 Å². The largest absolute Gasteiger partial charge is 0.435 e. The van der Waals surface area contributed by atoms with Gasteiger partial charge in [0.2, 0.25) is 5.89 Å². The Balaban J connectivity index is 1.21. The monoisotopic (exact) mass is 575 g/mol. The summed E-state index contributed by atoms with van der Waals surface area (Å²) >= 11 is 0. The van der Waals surface area contributed by atoms with Crippen LogP contribution in [0.3, 0.4) is 0 Å². The molecule has 3 aromatic heterocycles. The number of benzene rings is 6. The number of hydrogen-bond acceptors (Lipinski definition) is 4. The molecule has 3 heterocycles. The summed E-state index contributed by atoms with van der Waals surface area (Å²) in [5.41, 5.74) is 9.58. The Morgan fingerprint density at radius 1 is 0.422 bits per heavy atom. The summed E-state index contributed by atoms with van der Waals surface area (Å²) < 4.78 is 5.99. The summed E-state index contributed by atoms with van der Waals surface area (Å²) in [5.74, 6) is 0.512. The number of aromatic nitrogens is 3. The number of nitrogens with zero attached hydrogens (tertiary/aromatic N) is 3. The van der Waals surface area contributed by atoms with Gasteiger partial charge in [0.15, 0.2) is 5.58 Å². The van der Waals surface area contributed by atoms with Gasteiger partial charge in [-0.05, 0) is 86.8 Å². The second-order valence-electron chi connectivity index (χ2n) is 11.3. The lowest BCUT2D eigenvalue weighted by Gasteiger charge is -2.13. The van der Waals surface area contributed by atoms with Crippen molar-refractivity contribution in [1.29, 1.82) is 0 Å². The van der Waals surface area contributed by atoms with Gasteiger partial charge in [-0.15, -0.1) is 0 Å². The van der Waals surface area contributed by atoms with Crippen LogP contribution >= 0.6 is 0 Å². The van der Waals surface area contributed by atoms with Crippen LogP contribution in [0.25, 0.3) is 88.6 Å². The van der Waals surface area contributed by atoms with Crippen LogP contribution in [0.2, 0.25) is 0 Å². The first-order valence-corrected chi connectivity index (χ1v) is 15.0. The zero-order chi connectivity index (χ0) is 29.7. The molecule has 4 heteroatoms. The van der Waals surface area contributed by atoms with Crippen molar-refractivity contribution >= 4 is 43.5 Å². The van der Waals surface area contributed by atoms with Gasteiger partial charge in [-0.2, -0.15) is 0 Å². The smallest absolute Gasteiger partial charge is 0.246 e. The van der Waals surface area contributed by atoms with Crippen LogP contribution in [0, 0.1) is 0 Å². The maximum atomic E-state index is 5.99. The van der Waals surface area contributed by atoms with Gasteiger partial charge >= 0.3 is 0 Å². The molecule has 0 unspecified atom stereocenters. The minimum Gasteiger partial charge on any atom is -0.435 e. The molecule has 0 radical (unpaired) electrons. The standard InChI is InChI=1S/C41H25N3O/c1-3-9-28-21-30(15-13-26(28)7-1)31-17-19-36-35(23-31)34(24-39(43-36)32-16-14-27-8-2-4-10-29(27)22-32)33-18-20-38(42-25-33)41-44-37-11-5-6-12-40(37)45-41/h1-25H. The van der Waals surface area contributed by atoms with Crippen molar-refractivity contribution in [2.75, 3.05) is 0 Å². The van der Waals surface area contributed by atoms with Crippen LogP contribution in [0.4, 0.5) is 0 Å². The van der Waals surface area contributed by atoms with E-state index in [9.17, 15) is 0 Å². The van der Waals surface area contributed by atoms with Crippen LogP contribution in [0.5, 0.6) is 0 Å². The highest BCUT2D eigenvalue weighted by Gasteiger charge is 2.14. The van der Waals surface area contributed by atoms with E-state index in [1.165, 1.54) is 27.1 Å². The molecule has 4 nitrogen and oxygen atoms in total. The van der Waals surface area contributed by atoms with Gasteiger partial charge < -0.3 is 4.42 Å². The SMILES string of the molecule is c1ccc2cc(-c3ccc4nc(-c5ccc6ccccc6c5)cc(-c5ccc(-c6nc7ccccc7o6)nc5)c4c3)ccc2c1. The minimum absolute atomic E-state index is 0.512. The van der Waals surface area contributed by atoms with E-state index in [0.717, 1.165) is 50.0 Å². The quantitative estimate of drug-likeness (QED) is 0.209. The van der Waals surface area contributed by atoms with E-state index >= 15 is 0 Å². The third-order valence-electron chi connectivity index (χ3n) is 8.52. The molecule has 0 N–H and O–H groups in total. The summed E-state index contributed by atoms with van der Waals surface area (Å²) in [6.45, 7) is 0. The molecule has 0 aliphatic rings. The molecule has 0 saturated heterocycles. The third-order valence-corrected chi connectivity index (χ3v) is 8.52. The molecule has 9 aromatic rings. The Bertz CT molecular complexity index is 2510. The molecular weight excluding hydrogens is 550 g/mol. The van der Waals surface area contributed by atoms with E-state index in [1.807, 2.05) is 36.5 Å². The van der Waals surface area contributed by atoms with Crippen molar-refractivity contribution in [3.8, 4) is 45.1 Å². The molecule has 0 amide bonds. The van der Waals surface area contributed by atoms with E-state index in [4.69, 9.17) is 14.4 Å². The van der Waals surface area contributed by atoms with Crippen molar-refractivity contribution in [2.45, 2.75) is 0 Å². The number of para-hydroxylation sites is 2. The molecule has 0 fully saturated rings. The predicted molar refractivity (Wildman–Crippen MR) is 184 cm³/mol. The van der Waals surface area contributed by atoms with Crippen LogP contribution in [0.1, 0.15) is 0 Å². The predicted octanol–water partition coefficient (Wildman–Crippen LogP) is 10.7. The van der Waals surface area contributed by atoms with Crippen molar-refractivity contribution in [2.24, 2.45) is 0 Å². The topological polar surface area (TPSA) is 51.8 Å². The molecule has 6 aromatic carbocycles. The summed E-state index contributed by atoms with van der Waals surface area (Å²) in [5, 5.41) is 5.92. The summed E-state index contributed by atoms with van der Waals surface area (Å²) in [6, 6.07) is 50.6. The van der Waals surface area contributed by atoms with E-state index in [2.05, 4.69) is 120 Å². The highest BCUT2D eigenvalue weighted by molar-refractivity contribution is 6.00. The second kappa shape index (κ2) is 10.2. The van der Waals surface area contributed by atoms with Gasteiger partial charge in [-0.25, -0.2) is 9.97 Å². The molecule has 0 aliphatic carbocycles. The van der Waals surface area contributed by atoms with Crippen LogP contribution < -0.4 is 0 Å². The number of fused-ring (bicyclic) bond motifs is 4. The third kappa shape index (κ3) is 4.52. The Kier molecular flexibility index (Phi) is 5.78. The fourth-order valence-electron chi connectivity index (χ4n) is 6.17. The molecular formula is C41H25N3O. The summed E-state index contributed by atoms with van der Waals surface area (Å²) in [4.78, 5) is 14.6. The number of hydrogen-bond donors (Lipinski definition) is 0. The molecule has 210 valence electrons. The van der Waals surface area contributed by atoms with Crippen LogP contribution in [-0.4, -0.2) is 15.0 Å². The second-order valence-corrected chi connectivity index (χ2v) is 11.3. The molecule has 0 saturated carbocycles. The first kappa shape index (κ1) is 25.4. The normalized spacial score (nSPS) is 11.6.